The van der Waals surface area contributed by atoms with Gasteiger partial charge in [0, 0.05) is 41.0 Å². The third-order valence-electron chi connectivity index (χ3n) is 11.9. The molecule has 72 heavy (non-hydrogen) atoms. The Morgan fingerprint density at radius 2 is 0.694 bits per heavy atom. The minimum Gasteiger partial charge on any atom is -0.497 e. The van der Waals surface area contributed by atoms with Crippen LogP contribution in [0.25, 0.3) is 23.3 Å². The molecule has 0 radical (unpaired) electrons. The first kappa shape index (κ1) is 47.7. The van der Waals surface area contributed by atoms with E-state index in [2.05, 4.69) is 192 Å². The molecule has 354 valence electrons. The highest BCUT2D eigenvalue weighted by atomic mass is 16.7. The number of esters is 1. The number of methoxy groups -OCH3 is 1. The number of carbonyl (C=O) groups excluding carboxylic acids is 2. The Morgan fingerprint density at radius 1 is 0.375 bits per heavy atom. The van der Waals surface area contributed by atoms with Gasteiger partial charge in [-0.3, -0.25) is 4.79 Å². The third-order valence-corrected chi connectivity index (χ3v) is 11.9. The van der Waals surface area contributed by atoms with Crippen LogP contribution in [0.4, 0.5) is 38.9 Å². The zero-order valence-electron chi connectivity index (χ0n) is 40.0. The summed E-state index contributed by atoms with van der Waals surface area (Å²) >= 11 is 0. The van der Waals surface area contributed by atoms with E-state index < -0.39 is 12.1 Å². The molecule has 0 heterocycles. The zero-order chi connectivity index (χ0) is 49.5. The lowest BCUT2D eigenvalue weighted by Gasteiger charge is -2.25. The van der Waals surface area contributed by atoms with Gasteiger partial charge in [0.15, 0.2) is 0 Å². The van der Waals surface area contributed by atoms with E-state index in [1.807, 2.05) is 60.7 Å². The fraction of sp³-hybridized carbons (Fsp3) is 0.0625. The quantitative estimate of drug-likeness (QED) is 0.0387. The average molecular weight is 945 g/mol. The van der Waals surface area contributed by atoms with E-state index in [1.165, 1.54) is 6.92 Å². The Kier molecular flexibility index (Phi) is 15.4. The standard InChI is InChI=1S/C64H52N2O6/c1-47(67)70-43-44-71-64(68)72-61-41-37-59(38-42-61)66(55-21-13-6-14-22-55)57-33-25-49(26-34-57)46-63(51-17-9-4-10-18-51)53-29-27-52(28-30-53)62(50-15-7-3-8-16-50)45-48-23-31-56(32-24-48)65(54-19-11-5-12-20-54)58-35-39-60(69-2)40-36-58/h3-42,45-46H,43-44H2,1-2H3. The Bertz CT molecular complexity index is 3230. The first-order chi connectivity index (χ1) is 35.4. The van der Waals surface area contributed by atoms with E-state index >= 15 is 0 Å². The lowest BCUT2D eigenvalue weighted by Crippen LogP contribution is -2.15. The SMILES string of the molecule is COc1ccc(N(c2ccccc2)c2ccc(C=C(c3ccccc3)c3ccc(C(=Cc4ccc(N(c5ccccc5)c5ccc(OC(=O)OCCOC(C)=O)cc5)cc4)c4ccccc4)cc3)cc2)cc1. The fourth-order valence-electron chi connectivity index (χ4n) is 8.38. The molecule has 9 rings (SSSR count). The van der Waals surface area contributed by atoms with Gasteiger partial charge < -0.3 is 28.7 Å². The number of anilines is 6. The van der Waals surface area contributed by atoms with Crippen LogP contribution in [0.3, 0.4) is 0 Å². The maximum absolute atomic E-state index is 12.3. The summed E-state index contributed by atoms with van der Waals surface area (Å²) in [6, 6.07) is 82.9. The summed E-state index contributed by atoms with van der Waals surface area (Å²) in [5.74, 6) is 0.685. The number of carbonyl (C=O) groups is 2. The maximum atomic E-state index is 12.3. The van der Waals surface area contributed by atoms with Crippen LogP contribution >= 0.6 is 0 Å². The molecule has 0 aliphatic carbocycles. The lowest BCUT2D eigenvalue weighted by atomic mass is 9.91. The van der Waals surface area contributed by atoms with Crippen molar-refractivity contribution in [3.63, 3.8) is 0 Å². The Balaban J connectivity index is 0.988. The van der Waals surface area contributed by atoms with Crippen molar-refractivity contribution in [2.45, 2.75) is 6.92 Å². The summed E-state index contributed by atoms with van der Waals surface area (Å²) < 4.78 is 20.7. The van der Waals surface area contributed by atoms with Gasteiger partial charge in [0.2, 0.25) is 0 Å². The van der Waals surface area contributed by atoms with Crippen molar-refractivity contribution in [2.24, 2.45) is 0 Å². The minimum atomic E-state index is -0.881. The number of nitrogens with zero attached hydrogens (tertiary/aromatic N) is 2. The van der Waals surface area contributed by atoms with Crippen molar-refractivity contribution in [3.8, 4) is 11.5 Å². The average Bonchev–Trinajstić information content (AvgIpc) is 3.43. The van der Waals surface area contributed by atoms with Crippen molar-refractivity contribution in [3.05, 3.63) is 276 Å². The summed E-state index contributed by atoms with van der Waals surface area (Å²) in [6.07, 6.45) is 3.62. The summed E-state index contributed by atoms with van der Waals surface area (Å²) in [6.45, 7) is 1.15. The van der Waals surface area contributed by atoms with E-state index in [4.69, 9.17) is 18.9 Å². The first-order valence-electron chi connectivity index (χ1n) is 23.7. The van der Waals surface area contributed by atoms with Crippen molar-refractivity contribution in [1.82, 2.24) is 0 Å². The van der Waals surface area contributed by atoms with Gasteiger partial charge in [0.25, 0.3) is 0 Å². The van der Waals surface area contributed by atoms with Crippen LogP contribution in [-0.4, -0.2) is 32.4 Å². The fourth-order valence-corrected chi connectivity index (χ4v) is 8.38. The van der Waals surface area contributed by atoms with E-state index in [0.29, 0.717) is 5.75 Å². The van der Waals surface area contributed by atoms with Crippen LogP contribution in [0.1, 0.15) is 40.3 Å². The molecule has 0 bridgehead atoms. The van der Waals surface area contributed by atoms with Gasteiger partial charge in [0.1, 0.15) is 24.7 Å². The highest BCUT2D eigenvalue weighted by molar-refractivity contribution is 5.95. The molecule has 0 atom stereocenters. The second-order valence-corrected chi connectivity index (χ2v) is 16.7. The van der Waals surface area contributed by atoms with Crippen molar-refractivity contribution >= 4 is 69.5 Å². The van der Waals surface area contributed by atoms with Gasteiger partial charge >= 0.3 is 12.1 Å². The molecule has 8 heteroatoms. The van der Waals surface area contributed by atoms with Gasteiger partial charge in [0.05, 0.1) is 7.11 Å². The first-order valence-corrected chi connectivity index (χ1v) is 23.7. The maximum Gasteiger partial charge on any atom is 0.513 e. The number of para-hydroxylation sites is 2. The number of benzene rings is 9. The molecule has 0 saturated heterocycles. The van der Waals surface area contributed by atoms with E-state index in [-0.39, 0.29) is 13.2 Å². The second-order valence-electron chi connectivity index (χ2n) is 16.7. The highest BCUT2D eigenvalue weighted by Gasteiger charge is 2.16. The van der Waals surface area contributed by atoms with Crippen LogP contribution in [0.5, 0.6) is 11.5 Å². The largest absolute Gasteiger partial charge is 0.513 e. The van der Waals surface area contributed by atoms with Crippen LogP contribution < -0.4 is 19.3 Å². The normalized spacial score (nSPS) is 11.3. The van der Waals surface area contributed by atoms with Crippen LogP contribution in [0.15, 0.2) is 243 Å². The van der Waals surface area contributed by atoms with E-state index in [0.717, 1.165) is 84.4 Å². The molecule has 0 saturated carbocycles. The minimum absolute atomic E-state index is 0.0421. The molecule has 0 aromatic heterocycles. The molecule has 0 aliphatic heterocycles. The molecular formula is C64H52N2O6. The van der Waals surface area contributed by atoms with Crippen LogP contribution in [0, 0.1) is 0 Å². The smallest absolute Gasteiger partial charge is 0.497 e. The molecule has 0 amide bonds. The molecule has 0 aliphatic rings. The molecule has 8 nitrogen and oxygen atoms in total. The number of ether oxygens (including phenoxy) is 4. The van der Waals surface area contributed by atoms with Crippen molar-refractivity contribution in [2.75, 3.05) is 30.1 Å². The molecular weight excluding hydrogens is 893 g/mol. The summed E-state index contributed by atoms with van der Waals surface area (Å²) in [7, 11) is 1.68. The Labute approximate surface area is 420 Å². The summed E-state index contributed by atoms with van der Waals surface area (Å²) in [4.78, 5) is 27.7. The second kappa shape index (κ2) is 23.3. The number of hydrogen-bond donors (Lipinski definition) is 0. The van der Waals surface area contributed by atoms with Gasteiger partial charge in [-0.1, -0.05) is 146 Å². The van der Waals surface area contributed by atoms with Gasteiger partial charge in [-0.25, -0.2) is 4.79 Å². The van der Waals surface area contributed by atoms with Gasteiger partial charge in [-0.15, -0.1) is 0 Å². The highest BCUT2D eigenvalue weighted by Crippen LogP contribution is 2.38. The third kappa shape index (κ3) is 12.1. The molecule has 0 N–H and O–H groups in total. The summed E-state index contributed by atoms with van der Waals surface area (Å²) in [5.41, 5.74) is 14.7. The summed E-state index contributed by atoms with van der Waals surface area (Å²) in [5, 5.41) is 0. The van der Waals surface area contributed by atoms with Crippen molar-refractivity contribution < 1.29 is 28.5 Å². The van der Waals surface area contributed by atoms with Crippen molar-refractivity contribution in [1.29, 1.82) is 0 Å². The van der Waals surface area contributed by atoms with Gasteiger partial charge in [-0.05, 0) is 154 Å². The molecule has 0 unspecified atom stereocenters. The predicted molar refractivity (Wildman–Crippen MR) is 291 cm³/mol. The number of hydrogen-bond acceptors (Lipinski definition) is 8. The topological polar surface area (TPSA) is 77.5 Å². The molecule has 9 aromatic carbocycles. The predicted octanol–water partition coefficient (Wildman–Crippen LogP) is 15.9. The van der Waals surface area contributed by atoms with Crippen LogP contribution in [0.2, 0.25) is 0 Å². The molecule has 9 aromatic rings. The van der Waals surface area contributed by atoms with Gasteiger partial charge in [-0.2, -0.15) is 0 Å². The number of rotatable bonds is 17. The Hall–Kier alpha value is -9.40. The van der Waals surface area contributed by atoms with E-state index in [1.54, 1.807) is 19.2 Å². The molecule has 0 spiro atoms. The Morgan fingerprint density at radius 3 is 1.07 bits per heavy atom. The molecule has 0 fully saturated rings. The van der Waals surface area contributed by atoms with E-state index in [9.17, 15) is 9.59 Å². The lowest BCUT2D eigenvalue weighted by molar-refractivity contribution is -0.142. The monoisotopic (exact) mass is 944 g/mol. The zero-order valence-corrected chi connectivity index (χ0v) is 40.0. The van der Waals surface area contributed by atoms with Crippen LogP contribution in [-0.2, 0) is 14.3 Å².